The van der Waals surface area contributed by atoms with Gasteiger partial charge in [0.05, 0.1) is 26.1 Å². The third kappa shape index (κ3) is 10.2. The predicted molar refractivity (Wildman–Crippen MR) is 60.6 cm³/mol. The van der Waals surface area contributed by atoms with E-state index in [9.17, 15) is 14.2 Å². The zero-order chi connectivity index (χ0) is 13.8. The van der Waals surface area contributed by atoms with Crippen LogP contribution in [0.15, 0.2) is 0 Å². The lowest BCUT2D eigenvalue weighted by Crippen LogP contribution is -2.25. The second-order valence-electron chi connectivity index (χ2n) is 2.96. The molecule has 106 valence electrons. The summed E-state index contributed by atoms with van der Waals surface area (Å²) >= 11 is 0. The highest BCUT2D eigenvalue weighted by Crippen LogP contribution is 2.23. The molecule has 0 atom stereocenters. The zero-order valence-corrected chi connectivity index (χ0v) is 10.7. The summed E-state index contributed by atoms with van der Waals surface area (Å²) in [4.78, 5) is 21.7. The number of rotatable bonds is 10. The molecule has 0 unspecified atom stereocenters. The number of hydrogen-bond acceptors (Lipinski definition) is 7. The summed E-state index contributed by atoms with van der Waals surface area (Å²) in [6.45, 7) is -1.14. The number of carbonyl (C=O) groups is 2. The van der Waals surface area contributed by atoms with Crippen molar-refractivity contribution >= 4 is 20.1 Å². The third-order valence-electron chi connectivity index (χ3n) is 1.65. The standard InChI is InChI=1S/C8H17N2O7P/c11-5-9-7(13)1-3-16-18(15)17-4-2-8(14)10-6-12/h11-12,18H,1-6H2,(H,9,13)(H,10,14). The summed E-state index contributed by atoms with van der Waals surface area (Å²) in [6.07, 6.45) is -0.101. The van der Waals surface area contributed by atoms with Crippen LogP contribution in [0, 0.1) is 0 Å². The van der Waals surface area contributed by atoms with Gasteiger partial charge in [-0.3, -0.25) is 14.2 Å². The van der Waals surface area contributed by atoms with Crippen LogP contribution < -0.4 is 10.6 Å². The Hall–Kier alpha value is -0.990. The van der Waals surface area contributed by atoms with Gasteiger partial charge in [-0.2, -0.15) is 0 Å². The van der Waals surface area contributed by atoms with Crippen molar-refractivity contribution in [1.82, 2.24) is 10.6 Å². The van der Waals surface area contributed by atoms with Crippen LogP contribution in [0.3, 0.4) is 0 Å². The molecule has 0 heterocycles. The van der Waals surface area contributed by atoms with Crippen molar-refractivity contribution in [3.63, 3.8) is 0 Å². The van der Waals surface area contributed by atoms with Crippen LogP contribution in [-0.4, -0.2) is 48.7 Å². The van der Waals surface area contributed by atoms with E-state index in [1.165, 1.54) is 0 Å². The van der Waals surface area contributed by atoms with E-state index in [1.807, 2.05) is 0 Å². The minimum atomic E-state index is -2.75. The highest BCUT2D eigenvalue weighted by atomic mass is 31.1. The lowest BCUT2D eigenvalue weighted by molar-refractivity contribution is -0.123. The SMILES string of the molecule is O=C(CCO[PH](=O)OCCC(=O)NCO)NCO. The van der Waals surface area contributed by atoms with Crippen LogP contribution in [0.4, 0.5) is 0 Å². The van der Waals surface area contributed by atoms with E-state index in [4.69, 9.17) is 19.3 Å². The zero-order valence-electron chi connectivity index (χ0n) is 9.68. The van der Waals surface area contributed by atoms with Crippen LogP contribution >= 0.6 is 8.25 Å². The van der Waals surface area contributed by atoms with Gasteiger partial charge in [0.25, 0.3) is 0 Å². The molecule has 0 saturated carbocycles. The van der Waals surface area contributed by atoms with Gasteiger partial charge in [0.1, 0.15) is 13.5 Å². The minimum Gasteiger partial charge on any atom is -0.377 e. The number of aliphatic hydroxyl groups is 2. The molecular formula is C8H17N2O7P. The Morgan fingerprint density at radius 1 is 0.944 bits per heavy atom. The Balaban J connectivity index is 3.48. The van der Waals surface area contributed by atoms with Gasteiger partial charge in [-0.25, -0.2) is 0 Å². The number of carbonyl (C=O) groups excluding carboxylic acids is 2. The van der Waals surface area contributed by atoms with E-state index in [2.05, 4.69) is 10.6 Å². The van der Waals surface area contributed by atoms with Gasteiger partial charge in [-0.15, -0.1) is 0 Å². The average Bonchev–Trinajstić information content (AvgIpc) is 2.29. The van der Waals surface area contributed by atoms with Crippen LogP contribution in [-0.2, 0) is 23.2 Å². The van der Waals surface area contributed by atoms with E-state index in [-0.39, 0.29) is 26.1 Å². The summed E-state index contributed by atoms with van der Waals surface area (Å²) in [5.41, 5.74) is 0. The summed E-state index contributed by atoms with van der Waals surface area (Å²) in [6, 6.07) is 0. The van der Waals surface area contributed by atoms with Crippen LogP contribution in [0.2, 0.25) is 0 Å². The molecule has 0 bridgehead atoms. The second kappa shape index (κ2) is 11.1. The molecule has 0 aromatic heterocycles. The lowest BCUT2D eigenvalue weighted by atomic mass is 10.4. The molecule has 0 aliphatic rings. The van der Waals surface area contributed by atoms with Crippen LogP contribution in [0.1, 0.15) is 12.8 Å². The highest BCUT2D eigenvalue weighted by Gasteiger charge is 2.05. The van der Waals surface area contributed by atoms with Gasteiger partial charge < -0.3 is 29.9 Å². The van der Waals surface area contributed by atoms with Crippen molar-refractivity contribution in [2.24, 2.45) is 0 Å². The molecule has 0 radical (unpaired) electrons. The molecule has 0 aromatic rings. The Morgan fingerprint density at radius 3 is 1.67 bits per heavy atom. The lowest BCUT2D eigenvalue weighted by Gasteiger charge is -2.05. The number of aliphatic hydroxyl groups excluding tert-OH is 2. The largest absolute Gasteiger partial charge is 0.377 e. The molecule has 0 rings (SSSR count). The number of nitrogens with one attached hydrogen (secondary N) is 2. The molecule has 10 heteroatoms. The van der Waals surface area contributed by atoms with Crippen molar-refractivity contribution in [2.45, 2.75) is 12.8 Å². The van der Waals surface area contributed by atoms with Crippen molar-refractivity contribution < 1.29 is 33.4 Å². The van der Waals surface area contributed by atoms with Crippen molar-refractivity contribution in [3.05, 3.63) is 0 Å². The first-order valence-electron chi connectivity index (χ1n) is 5.14. The van der Waals surface area contributed by atoms with Crippen molar-refractivity contribution in [2.75, 3.05) is 26.7 Å². The fourth-order valence-electron chi connectivity index (χ4n) is 0.849. The molecule has 0 saturated heterocycles. The van der Waals surface area contributed by atoms with E-state index >= 15 is 0 Å². The summed E-state index contributed by atoms with van der Waals surface area (Å²) < 4.78 is 20.5. The Labute approximate surface area is 104 Å². The average molecular weight is 284 g/mol. The molecular weight excluding hydrogens is 267 g/mol. The molecule has 0 aliphatic heterocycles. The number of amides is 2. The fraction of sp³-hybridized carbons (Fsp3) is 0.750. The summed E-state index contributed by atoms with van der Waals surface area (Å²) in [7, 11) is -2.75. The van der Waals surface area contributed by atoms with Gasteiger partial charge in [0.15, 0.2) is 0 Å². The molecule has 4 N–H and O–H groups in total. The van der Waals surface area contributed by atoms with Gasteiger partial charge >= 0.3 is 8.25 Å². The maximum Gasteiger partial charge on any atom is 0.319 e. The van der Waals surface area contributed by atoms with E-state index in [0.29, 0.717) is 0 Å². The normalized spacial score (nSPS) is 10.4. The second-order valence-corrected chi connectivity index (χ2v) is 4.04. The summed E-state index contributed by atoms with van der Waals surface area (Å²) in [5, 5.41) is 20.9. The highest BCUT2D eigenvalue weighted by molar-refractivity contribution is 7.33. The molecule has 0 spiro atoms. The van der Waals surface area contributed by atoms with Crippen LogP contribution in [0.25, 0.3) is 0 Å². The first-order valence-corrected chi connectivity index (χ1v) is 6.37. The Morgan fingerprint density at radius 2 is 1.33 bits per heavy atom. The van der Waals surface area contributed by atoms with Gasteiger partial charge in [0, 0.05) is 0 Å². The smallest absolute Gasteiger partial charge is 0.319 e. The van der Waals surface area contributed by atoms with Crippen molar-refractivity contribution in [1.29, 1.82) is 0 Å². The monoisotopic (exact) mass is 284 g/mol. The topological polar surface area (TPSA) is 134 Å². The van der Waals surface area contributed by atoms with Gasteiger partial charge in [-0.1, -0.05) is 0 Å². The minimum absolute atomic E-state index is 0.0503. The van der Waals surface area contributed by atoms with E-state index in [0.717, 1.165) is 0 Å². The maximum absolute atomic E-state index is 11.1. The predicted octanol–water partition coefficient (Wildman–Crippen LogP) is -1.68. The van der Waals surface area contributed by atoms with E-state index < -0.39 is 33.5 Å². The van der Waals surface area contributed by atoms with E-state index in [1.54, 1.807) is 0 Å². The fourth-order valence-corrected chi connectivity index (χ4v) is 1.47. The molecule has 2 amide bonds. The molecule has 18 heavy (non-hydrogen) atoms. The maximum atomic E-state index is 11.1. The molecule has 0 aromatic carbocycles. The van der Waals surface area contributed by atoms with Gasteiger partial charge in [0.2, 0.25) is 11.8 Å². The van der Waals surface area contributed by atoms with Crippen molar-refractivity contribution in [3.8, 4) is 0 Å². The number of hydrogen-bond donors (Lipinski definition) is 4. The third-order valence-corrected chi connectivity index (χ3v) is 2.53. The van der Waals surface area contributed by atoms with Crippen LogP contribution in [0.5, 0.6) is 0 Å². The molecule has 0 fully saturated rings. The quantitative estimate of drug-likeness (QED) is 0.278. The first kappa shape index (κ1) is 17.0. The Kier molecular flexibility index (Phi) is 10.5. The van der Waals surface area contributed by atoms with Gasteiger partial charge in [-0.05, 0) is 0 Å². The summed E-state index contributed by atoms with van der Waals surface area (Å²) in [5.74, 6) is -0.871. The molecule has 9 nitrogen and oxygen atoms in total. The first-order chi connectivity index (χ1) is 8.60. The molecule has 0 aliphatic carbocycles. The Bertz CT molecular complexity index is 261.